The average molecular weight is 537 g/mol. The first-order valence-electron chi connectivity index (χ1n) is 13.1. The standard InChI is InChI=1S/C29H28F4N6/c30-25-14-13-23(39-28(29(31,32)33)34-35-36-39)16-22(25)17-37-18-24-12-7-15-38(24)26(19-37)27(20-8-3-1-4-9-20)21-10-5-2-6-11-21/h1-6,8-11,13-14,16,24,26-27H,7,12,15,17-19H2/t24-,26?/m0/s1. The topological polar surface area (TPSA) is 50.1 Å². The van der Waals surface area contributed by atoms with E-state index in [-0.39, 0.29) is 24.2 Å². The van der Waals surface area contributed by atoms with Crippen LogP contribution in [0.4, 0.5) is 17.6 Å². The third kappa shape index (κ3) is 5.18. The lowest BCUT2D eigenvalue weighted by molar-refractivity contribution is -0.146. The Morgan fingerprint density at radius 3 is 2.26 bits per heavy atom. The van der Waals surface area contributed by atoms with Gasteiger partial charge in [-0.2, -0.15) is 17.9 Å². The van der Waals surface area contributed by atoms with E-state index in [0.29, 0.717) is 22.8 Å². The quantitative estimate of drug-likeness (QED) is 0.313. The van der Waals surface area contributed by atoms with Crippen LogP contribution in [0.25, 0.3) is 5.69 Å². The minimum absolute atomic E-state index is 0.0752. The van der Waals surface area contributed by atoms with E-state index in [2.05, 4.69) is 73.9 Å². The summed E-state index contributed by atoms with van der Waals surface area (Å²) in [6.45, 7) is 2.77. The molecule has 0 amide bonds. The van der Waals surface area contributed by atoms with Crippen molar-refractivity contribution in [1.82, 2.24) is 30.0 Å². The van der Waals surface area contributed by atoms with E-state index in [0.717, 1.165) is 25.9 Å². The van der Waals surface area contributed by atoms with Crippen molar-refractivity contribution in [2.75, 3.05) is 19.6 Å². The van der Waals surface area contributed by atoms with Crippen molar-refractivity contribution in [3.05, 3.63) is 107 Å². The minimum Gasteiger partial charge on any atom is -0.296 e. The summed E-state index contributed by atoms with van der Waals surface area (Å²) in [5.41, 5.74) is 2.85. The van der Waals surface area contributed by atoms with Crippen molar-refractivity contribution in [1.29, 1.82) is 0 Å². The molecular weight excluding hydrogens is 508 g/mol. The molecule has 6 rings (SSSR count). The van der Waals surface area contributed by atoms with E-state index in [1.807, 2.05) is 12.1 Å². The van der Waals surface area contributed by atoms with Crippen LogP contribution in [0, 0.1) is 5.82 Å². The molecule has 3 heterocycles. The van der Waals surface area contributed by atoms with Gasteiger partial charge in [-0.25, -0.2) is 4.39 Å². The van der Waals surface area contributed by atoms with E-state index in [4.69, 9.17) is 0 Å². The molecule has 0 N–H and O–H groups in total. The van der Waals surface area contributed by atoms with Crippen molar-refractivity contribution in [2.45, 2.75) is 43.6 Å². The first-order chi connectivity index (χ1) is 18.9. The van der Waals surface area contributed by atoms with E-state index in [1.54, 1.807) is 0 Å². The predicted octanol–water partition coefficient (Wildman–Crippen LogP) is 5.30. The summed E-state index contributed by atoms with van der Waals surface area (Å²) in [6, 6.07) is 25.3. The summed E-state index contributed by atoms with van der Waals surface area (Å²) in [7, 11) is 0. The lowest BCUT2D eigenvalue weighted by atomic mass is 9.82. The molecule has 0 radical (unpaired) electrons. The van der Waals surface area contributed by atoms with Gasteiger partial charge in [0.15, 0.2) is 0 Å². The van der Waals surface area contributed by atoms with Crippen molar-refractivity contribution in [3.8, 4) is 5.69 Å². The summed E-state index contributed by atoms with van der Waals surface area (Å²) in [5, 5.41) is 9.82. The molecule has 0 saturated carbocycles. The number of piperazine rings is 1. The van der Waals surface area contributed by atoms with Gasteiger partial charge < -0.3 is 0 Å². The Bertz CT molecular complexity index is 1370. The zero-order chi connectivity index (χ0) is 27.0. The Morgan fingerprint density at radius 2 is 1.59 bits per heavy atom. The molecule has 202 valence electrons. The van der Waals surface area contributed by atoms with E-state index >= 15 is 4.39 Å². The molecular formula is C29H28F4N6. The second-order valence-corrected chi connectivity index (χ2v) is 10.3. The maximum absolute atomic E-state index is 15.0. The van der Waals surface area contributed by atoms with Crippen molar-refractivity contribution >= 4 is 0 Å². The zero-order valence-electron chi connectivity index (χ0n) is 21.2. The number of tetrazole rings is 1. The Morgan fingerprint density at radius 1 is 0.897 bits per heavy atom. The monoisotopic (exact) mass is 536 g/mol. The molecule has 2 fully saturated rings. The number of hydrogen-bond donors (Lipinski definition) is 0. The van der Waals surface area contributed by atoms with Crippen LogP contribution in [-0.4, -0.2) is 61.7 Å². The first kappa shape index (κ1) is 25.6. The van der Waals surface area contributed by atoms with Crippen LogP contribution in [0.3, 0.4) is 0 Å². The summed E-state index contributed by atoms with van der Waals surface area (Å²) in [5.74, 6) is -1.58. The van der Waals surface area contributed by atoms with Crippen LogP contribution in [0.15, 0.2) is 78.9 Å². The average Bonchev–Trinajstić information content (AvgIpc) is 3.62. The molecule has 0 bridgehead atoms. The van der Waals surface area contributed by atoms with Crippen LogP contribution >= 0.6 is 0 Å². The van der Waals surface area contributed by atoms with Gasteiger partial charge in [-0.1, -0.05) is 60.7 Å². The van der Waals surface area contributed by atoms with Crippen LogP contribution < -0.4 is 0 Å². The molecule has 10 heteroatoms. The first-order valence-corrected chi connectivity index (χ1v) is 13.1. The number of aromatic nitrogens is 4. The number of nitrogens with zero attached hydrogens (tertiary/aromatic N) is 6. The van der Waals surface area contributed by atoms with Gasteiger partial charge in [0, 0.05) is 43.2 Å². The fraction of sp³-hybridized carbons (Fsp3) is 0.345. The van der Waals surface area contributed by atoms with Crippen molar-refractivity contribution < 1.29 is 17.6 Å². The van der Waals surface area contributed by atoms with E-state index in [9.17, 15) is 13.2 Å². The Labute approximate surface area is 223 Å². The van der Waals surface area contributed by atoms with E-state index in [1.165, 1.54) is 29.3 Å². The van der Waals surface area contributed by atoms with Crippen LogP contribution in [0.5, 0.6) is 0 Å². The summed E-state index contributed by atoms with van der Waals surface area (Å²) in [4.78, 5) is 4.84. The number of alkyl halides is 3. The highest BCUT2D eigenvalue weighted by atomic mass is 19.4. The van der Waals surface area contributed by atoms with Crippen LogP contribution in [0.1, 0.15) is 41.3 Å². The fourth-order valence-corrected chi connectivity index (χ4v) is 6.21. The highest BCUT2D eigenvalue weighted by Crippen LogP contribution is 2.38. The molecule has 2 atom stereocenters. The number of fused-ring (bicyclic) bond motifs is 1. The largest absolute Gasteiger partial charge is 0.453 e. The maximum atomic E-state index is 15.0. The molecule has 0 aliphatic carbocycles. The van der Waals surface area contributed by atoms with Crippen molar-refractivity contribution in [3.63, 3.8) is 0 Å². The molecule has 1 unspecified atom stereocenters. The van der Waals surface area contributed by atoms with Gasteiger partial charge in [0.2, 0.25) is 0 Å². The minimum atomic E-state index is -4.73. The molecule has 2 saturated heterocycles. The zero-order valence-corrected chi connectivity index (χ0v) is 21.2. The Hall–Kier alpha value is -3.63. The predicted molar refractivity (Wildman–Crippen MR) is 138 cm³/mol. The molecule has 3 aromatic carbocycles. The lowest BCUT2D eigenvalue weighted by Gasteiger charge is -2.47. The third-order valence-electron chi connectivity index (χ3n) is 7.86. The summed E-state index contributed by atoms with van der Waals surface area (Å²) in [6.07, 6.45) is -2.56. The molecule has 0 spiro atoms. The number of benzene rings is 3. The van der Waals surface area contributed by atoms with Gasteiger partial charge in [0.25, 0.3) is 5.82 Å². The molecule has 6 nitrogen and oxygen atoms in total. The summed E-state index contributed by atoms with van der Waals surface area (Å²) < 4.78 is 55.8. The van der Waals surface area contributed by atoms with Gasteiger partial charge in [0.05, 0.1) is 5.69 Å². The normalized spacial score (nSPS) is 20.4. The number of rotatable bonds is 6. The summed E-state index contributed by atoms with van der Waals surface area (Å²) >= 11 is 0. The second kappa shape index (κ2) is 10.5. The van der Waals surface area contributed by atoms with Gasteiger partial charge in [0.1, 0.15) is 5.82 Å². The molecule has 2 aliphatic rings. The van der Waals surface area contributed by atoms with Gasteiger partial charge in [-0.15, -0.1) is 5.10 Å². The van der Waals surface area contributed by atoms with E-state index < -0.39 is 17.8 Å². The third-order valence-corrected chi connectivity index (χ3v) is 7.86. The second-order valence-electron chi connectivity index (χ2n) is 10.3. The van der Waals surface area contributed by atoms with Crippen LogP contribution in [-0.2, 0) is 12.7 Å². The van der Waals surface area contributed by atoms with Gasteiger partial charge >= 0.3 is 6.18 Å². The molecule has 4 aromatic rings. The Kier molecular flexibility index (Phi) is 6.90. The SMILES string of the molecule is Fc1ccc(-n2nnnc2C(F)(F)F)cc1CN1CC(C(c2ccccc2)c2ccccc2)N2CCC[C@H]2C1. The fourth-order valence-electron chi connectivity index (χ4n) is 6.21. The highest BCUT2D eigenvalue weighted by molar-refractivity contribution is 5.38. The van der Waals surface area contributed by atoms with Gasteiger partial charge in [-0.3, -0.25) is 9.80 Å². The Balaban J connectivity index is 1.32. The number of hydrogen-bond acceptors (Lipinski definition) is 5. The molecule has 2 aliphatic heterocycles. The smallest absolute Gasteiger partial charge is 0.296 e. The van der Waals surface area contributed by atoms with Crippen molar-refractivity contribution in [2.24, 2.45) is 0 Å². The van der Waals surface area contributed by atoms with Crippen LogP contribution in [0.2, 0.25) is 0 Å². The van der Waals surface area contributed by atoms with Gasteiger partial charge in [-0.05, 0) is 59.1 Å². The maximum Gasteiger partial charge on any atom is 0.453 e. The molecule has 1 aromatic heterocycles. The lowest BCUT2D eigenvalue weighted by Crippen LogP contribution is -2.57. The highest BCUT2D eigenvalue weighted by Gasteiger charge is 2.42. The molecule has 39 heavy (non-hydrogen) atoms. The number of halogens is 4.